The molecule has 13 nitrogen and oxygen atoms in total. The number of hydrogen-bond donors (Lipinski definition) is 1. The molecule has 3 heterocycles. The summed E-state index contributed by atoms with van der Waals surface area (Å²) in [7, 11) is -4.85. The van der Waals surface area contributed by atoms with Crippen LogP contribution in [0.2, 0.25) is 36.3 Å². The highest BCUT2D eigenvalue weighted by atomic mass is 28.4. The van der Waals surface area contributed by atoms with Gasteiger partial charge in [-0.15, -0.1) is 0 Å². The van der Waals surface area contributed by atoms with E-state index in [1.54, 1.807) is 24.5 Å². The molecule has 1 fully saturated rings. The Morgan fingerprint density at radius 1 is 1.02 bits per heavy atom. The maximum atomic E-state index is 14.0. The van der Waals surface area contributed by atoms with Gasteiger partial charge >= 0.3 is 5.97 Å². The summed E-state index contributed by atoms with van der Waals surface area (Å²) >= 11 is 0. The number of nitrogens with zero attached hydrogens (tertiary/aromatic N) is 5. The topological polar surface area (TPSA) is 153 Å². The molecule has 0 bridgehead atoms. The largest absolute Gasteiger partial charge is 0.458 e. The number of carbonyl (C=O) groups is 1. The number of nitrogens with one attached hydrogen (secondary N) is 1. The van der Waals surface area contributed by atoms with E-state index in [2.05, 4.69) is 88.0 Å². The second-order valence-electron chi connectivity index (χ2n) is 16.8. The highest BCUT2D eigenvalue weighted by molar-refractivity contribution is 6.74. The summed E-state index contributed by atoms with van der Waals surface area (Å²) in [6.07, 6.45) is 0.623. The molecule has 4 atom stereocenters. The van der Waals surface area contributed by atoms with E-state index in [-0.39, 0.29) is 22.3 Å². The number of hydrogen-bond acceptors (Lipinski definition) is 11. The number of aromatic nitrogens is 4. The van der Waals surface area contributed by atoms with Gasteiger partial charge in [0, 0.05) is 24.6 Å². The fraction of sp³-hybridized carbons (Fsp3) is 0.647. The number of imidazole rings is 1. The number of esters is 1. The molecular formula is C34H54N6O7Si2. The quantitative estimate of drug-likeness (QED) is 0.0898. The summed E-state index contributed by atoms with van der Waals surface area (Å²) in [5.74, 6) is -0.0514. The SMILES string of the molecule is CC(C)(C)OC(=O)C(O[Si](C)(C)C(C)(C)C)[C@H]1O[C@@H](n2cnc3c(NCc4ccccc4[N+](=O)[O-])ncnc32)C[C@@H]1O[Si](C)(C)C(C)(C)C. The molecule has 4 rings (SSSR count). The molecule has 1 aliphatic rings. The van der Waals surface area contributed by atoms with Crippen molar-refractivity contribution < 1.29 is 28.0 Å². The van der Waals surface area contributed by atoms with Crippen LogP contribution >= 0.6 is 0 Å². The van der Waals surface area contributed by atoms with Gasteiger partial charge in [-0.2, -0.15) is 0 Å². The Bertz CT molecular complexity index is 1660. The number of benzene rings is 1. The van der Waals surface area contributed by atoms with Gasteiger partial charge in [-0.3, -0.25) is 14.7 Å². The summed E-state index contributed by atoms with van der Waals surface area (Å²) in [6, 6.07) is 6.55. The molecule has 1 N–H and O–H groups in total. The lowest BCUT2D eigenvalue weighted by atomic mass is 10.1. The average Bonchev–Trinajstić information content (AvgIpc) is 3.57. The molecular weight excluding hydrogens is 661 g/mol. The van der Waals surface area contributed by atoms with E-state index < -0.39 is 57.7 Å². The van der Waals surface area contributed by atoms with Crippen LogP contribution in [0.5, 0.6) is 0 Å². The smallest absolute Gasteiger partial charge is 0.337 e. The van der Waals surface area contributed by atoms with Crippen LogP contribution in [0.25, 0.3) is 11.2 Å². The third kappa shape index (κ3) is 8.74. The number of nitro groups is 1. The van der Waals surface area contributed by atoms with Gasteiger partial charge in [0.1, 0.15) is 24.3 Å². The Morgan fingerprint density at radius 3 is 2.24 bits per heavy atom. The molecule has 3 aromatic rings. The molecule has 270 valence electrons. The zero-order chi connectivity index (χ0) is 36.7. The third-order valence-electron chi connectivity index (χ3n) is 9.84. The van der Waals surface area contributed by atoms with E-state index in [4.69, 9.17) is 18.3 Å². The van der Waals surface area contributed by atoms with Crippen LogP contribution in [-0.2, 0) is 29.7 Å². The van der Waals surface area contributed by atoms with Gasteiger partial charge in [0.25, 0.3) is 5.69 Å². The predicted octanol–water partition coefficient (Wildman–Crippen LogP) is 7.76. The van der Waals surface area contributed by atoms with Gasteiger partial charge in [-0.05, 0) is 57.0 Å². The molecule has 1 aromatic carbocycles. The Hall–Kier alpha value is -3.25. The molecule has 49 heavy (non-hydrogen) atoms. The van der Waals surface area contributed by atoms with Crippen LogP contribution in [0.15, 0.2) is 36.9 Å². The fourth-order valence-corrected chi connectivity index (χ4v) is 7.65. The monoisotopic (exact) mass is 714 g/mol. The first-order chi connectivity index (χ1) is 22.4. The molecule has 0 aliphatic carbocycles. The average molecular weight is 715 g/mol. The van der Waals surface area contributed by atoms with Crippen LogP contribution in [0, 0.1) is 10.1 Å². The zero-order valence-corrected chi connectivity index (χ0v) is 33.3. The molecule has 1 unspecified atom stereocenters. The Kier molecular flexibility index (Phi) is 10.9. The second kappa shape index (κ2) is 13.8. The first-order valence-corrected chi connectivity index (χ1v) is 22.6. The van der Waals surface area contributed by atoms with Crippen LogP contribution in [0.3, 0.4) is 0 Å². The summed E-state index contributed by atoms with van der Waals surface area (Å²) in [6.45, 7) is 27.2. The molecule has 1 saturated heterocycles. The van der Waals surface area contributed by atoms with Crippen LogP contribution < -0.4 is 5.32 Å². The number of nitro benzene ring substituents is 1. The molecule has 0 spiro atoms. The maximum absolute atomic E-state index is 14.0. The number of anilines is 1. The Morgan fingerprint density at radius 2 is 1.65 bits per heavy atom. The van der Waals surface area contributed by atoms with Crippen molar-refractivity contribution in [1.29, 1.82) is 0 Å². The highest BCUT2D eigenvalue weighted by Crippen LogP contribution is 2.45. The number of fused-ring (bicyclic) bond motifs is 1. The highest BCUT2D eigenvalue weighted by Gasteiger charge is 2.53. The minimum absolute atomic E-state index is 0.0171. The van der Waals surface area contributed by atoms with E-state index in [9.17, 15) is 14.9 Å². The molecule has 0 amide bonds. The summed E-state index contributed by atoms with van der Waals surface area (Å²) < 4.78 is 28.5. The van der Waals surface area contributed by atoms with Crippen molar-refractivity contribution >= 4 is 45.3 Å². The fourth-order valence-electron chi connectivity index (χ4n) is 5.09. The normalized spacial score (nSPS) is 20.0. The second-order valence-corrected chi connectivity index (χ2v) is 26.3. The van der Waals surface area contributed by atoms with E-state index in [1.165, 1.54) is 12.4 Å². The number of para-hydroxylation sites is 1. The molecule has 15 heteroatoms. The van der Waals surface area contributed by atoms with Crippen molar-refractivity contribution in [2.45, 2.75) is 142 Å². The van der Waals surface area contributed by atoms with Gasteiger partial charge in [0.2, 0.25) is 0 Å². The lowest BCUT2D eigenvalue weighted by Crippen LogP contribution is -2.55. The van der Waals surface area contributed by atoms with Crippen molar-refractivity contribution in [3.8, 4) is 0 Å². The zero-order valence-electron chi connectivity index (χ0n) is 31.3. The lowest BCUT2D eigenvalue weighted by Gasteiger charge is -2.43. The van der Waals surface area contributed by atoms with Gasteiger partial charge in [-0.1, -0.05) is 59.7 Å². The third-order valence-corrected chi connectivity index (χ3v) is 18.8. The molecule has 2 aromatic heterocycles. The van der Waals surface area contributed by atoms with Crippen molar-refractivity contribution in [3.05, 3.63) is 52.6 Å². The maximum Gasteiger partial charge on any atom is 0.337 e. The van der Waals surface area contributed by atoms with Crippen LogP contribution in [0.1, 0.15) is 80.5 Å². The van der Waals surface area contributed by atoms with E-state index in [0.29, 0.717) is 29.0 Å². The summed E-state index contributed by atoms with van der Waals surface area (Å²) in [5, 5.41) is 14.5. The lowest BCUT2D eigenvalue weighted by molar-refractivity contribution is -0.385. The predicted molar refractivity (Wildman–Crippen MR) is 194 cm³/mol. The van der Waals surface area contributed by atoms with Crippen molar-refractivity contribution in [2.75, 3.05) is 5.32 Å². The van der Waals surface area contributed by atoms with Crippen molar-refractivity contribution in [3.63, 3.8) is 0 Å². The van der Waals surface area contributed by atoms with Gasteiger partial charge in [0.15, 0.2) is 39.7 Å². The Balaban J connectivity index is 1.73. The molecule has 0 saturated carbocycles. The van der Waals surface area contributed by atoms with Crippen LogP contribution in [-0.4, -0.2) is 71.0 Å². The van der Waals surface area contributed by atoms with E-state index in [1.807, 2.05) is 25.3 Å². The molecule has 0 radical (unpaired) electrons. The number of rotatable bonds is 11. The van der Waals surface area contributed by atoms with Crippen LogP contribution in [0.4, 0.5) is 11.5 Å². The standard InChI is InChI=1S/C34H54N6O7Si2/c1-32(2,3)45-31(41)28(47-49(12,13)34(7,8)9)27-24(46-48(10,11)33(4,5)6)18-25(44-27)39-21-38-26-29(36-20-37-30(26)39)35-19-22-16-14-15-17-23(22)40(42)43/h14-17,20-21,24-25,27-28H,18-19H2,1-13H3,(H,35,36,37)/t24-,25+,27-,28?/m0/s1. The minimum Gasteiger partial charge on any atom is -0.458 e. The van der Waals surface area contributed by atoms with E-state index >= 15 is 0 Å². The van der Waals surface area contributed by atoms with Gasteiger partial charge in [0.05, 0.1) is 17.4 Å². The first-order valence-electron chi connectivity index (χ1n) is 16.8. The van der Waals surface area contributed by atoms with E-state index in [0.717, 1.165) is 0 Å². The first kappa shape index (κ1) is 38.6. The number of ether oxygens (including phenoxy) is 2. The van der Waals surface area contributed by atoms with Gasteiger partial charge in [-0.25, -0.2) is 19.7 Å². The van der Waals surface area contributed by atoms with Crippen molar-refractivity contribution in [2.24, 2.45) is 0 Å². The Labute approximate surface area is 291 Å². The number of carbonyl (C=O) groups excluding carboxylic acids is 1. The van der Waals surface area contributed by atoms with Gasteiger partial charge < -0.3 is 23.6 Å². The molecule has 1 aliphatic heterocycles. The minimum atomic E-state index is -2.50. The van der Waals surface area contributed by atoms with Crippen molar-refractivity contribution in [1.82, 2.24) is 19.5 Å². The summed E-state index contributed by atoms with van der Waals surface area (Å²) in [4.78, 5) is 38.7. The summed E-state index contributed by atoms with van der Waals surface area (Å²) in [5.41, 5.74) is 0.790.